The van der Waals surface area contributed by atoms with Crippen molar-refractivity contribution in [1.82, 2.24) is 14.8 Å². The third kappa shape index (κ3) is 3.54. The lowest BCUT2D eigenvalue weighted by molar-refractivity contribution is 0.0159. The molecule has 1 aliphatic heterocycles. The lowest BCUT2D eigenvalue weighted by Crippen LogP contribution is -2.53. The highest BCUT2D eigenvalue weighted by Gasteiger charge is 2.30. The molecule has 2 atom stereocenters. The molecule has 2 N–H and O–H groups in total. The predicted octanol–water partition coefficient (Wildman–Crippen LogP) is 0.393. The number of nitrogens with two attached hydrogens (primary N) is 1. The van der Waals surface area contributed by atoms with E-state index in [1.807, 2.05) is 24.4 Å². The van der Waals surface area contributed by atoms with Gasteiger partial charge in [0.05, 0.1) is 6.10 Å². The highest BCUT2D eigenvalue weighted by atomic mass is 32.1. The van der Waals surface area contributed by atoms with Crippen LogP contribution in [0.5, 0.6) is 0 Å². The summed E-state index contributed by atoms with van der Waals surface area (Å²) in [7, 11) is 5.60. The minimum Gasteiger partial charge on any atom is -0.378 e. The minimum atomic E-state index is -0.0902. The first-order valence-electron chi connectivity index (χ1n) is 6.68. The van der Waals surface area contributed by atoms with E-state index >= 15 is 0 Å². The molecule has 0 aromatic carbocycles. The fraction of sp³-hybridized carbons (Fsp3) is 0.692. The highest BCUT2D eigenvalue weighted by molar-refractivity contribution is 7.09. The van der Waals surface area contributed by atoms with E-state index in [2.05, 4.69) is 4.98 Å². The fourth-order valence-corrected chi connectivity index (χ4v) is 3.17. The van der Waals surface area contributed by atoms with E-state index in [0.717, 1.165) is 18.0 Å². The number of hydrogen-bond donors (Lipinski definition) is 1. The van der Waals surface area contributed by atoms with Gasteiger partial charge in [-0.2, -0.15) is 0 Å². The second kappa shape index (κ2) is 6.62. The molecule has 0 aliphatic carbocycles. The Morgan fingerprint density at radius 2 is 2.40 bits per heavy atom. The van der Waals surface area contributed by atoms with Crippen molar-refractivity contribution < 1.29 is 9.53 Å². The van der Waals surface area contributed by atoms with Gasteiger partial charge < -0.3 is 20.3 Å². The average Bonchev–Trinajstić information content (AvgIpc) is 2.86. The van der Waals surface area contributed by atoms with Gasteiger partial charge in [0.1, 0.15) is 10.7 Å². The summed E-state index contributed by atoms with van der Waals surface area (Å²) >= 11 is 1.52. The summed E-state index contributed by atoms with van der Waals surface area (Å²) in [5, 5.41) is 2.78. The third-order valence-electron chi connectivity index (χ3n) is 3.42. The van der Waals surface area contributed by atoms with Gasteiger partial charge in [0.15, 0.2) is 0 Å². The molecular formula is C13H22N4O2S. The van der Waals surface area contributed by atoms with Crippen molar-refractivity contribution in [2.45, 2.75) is 25.1 Å². The Balaban J connectivity index is 2.02. The van der Waals surface area contributed by atoms with E-state index in [9.17, 15) is 4.79 Å². The smallest absolute Gasteiger partial charge is 0.273 e. The number of piperidine rings is 1. The zero-order valence-corrected chi connectivity index (χ0v) is 13.0. The van der Waals surface area contributed by atoms with E-state index in [1.54, 1.807) is 12.0 Å². The Bertz CT molecular complexity index is 463. The van der Waals surface area contributed by atoms with Gasteiger partial charge in [-0.3, -0.25) is 4.79 Å². The van der Waals surface area contributed by atoms with Crippen LogP contribution in [0.3, 0.4) is 0 Å². The molecule has 7 heteroatoms. The molecule has 2 rings (SSSR count). The number of rotatable bonds is 4. The van der Waals surface area contributed by atoms with Gasteiger partial charge >= 0.3 is 0 Å². The van der Waals surface area contributed by atoms with Crippen molar-refractivity contribution >= 4 is 17.2 Å². The van der Waals surface area contributed by atoms with Crippen LogP contribution in [0, 0.1) is 0 Å². The number of thiazole rings is 1. The number of aromatic nitrogens is 1. The van der Waals surface area contributed by atoms with Crippen molar-refractivity contribution in [3.05, 3.63) is 16.1 Å². The van der Waals surface area contributed by atoms with E-state index in [4.69, 9.17) is 10.5 Å². The maximum absolute atomic E-state index is 12.4. The van der Waals surface area contributed by atoms with Crippen LogP contribution in [-0.4, -0.2) is 67.1 Å². The first-order chi connectivity index (χ1) is 9.51. The summed E-state index contributed by atoms with van der Waals surface area (Å²) in [5.74, 6) is -0.0276. The van der Waals surface area contributed by atoms with Gasteiger partial charge in [0.25, 0.3) is 5.91 Å². The highest BCUT2D eigenvalue weighted by Crippen LogP contribution is 2.17. The molecule has 6 nitrogen and oxygen atoms in total. The first kappa shape index (κ1) is 15.4. The van der Waals surface area contributed by atoms with Crippen LogP contribution in [0.4, 0.5) is 0 Å². The molecule has 1 amide bonds. The van der Waals surface area contributed by atoms with E-state index in [0.29, 0.717) is 18.8 Å². The van der Waals surface area contributed by atoms with Gasteiger partial charge in [-0.25, -0.2) is 4.98 Å². The lowest BCUT2D eigenvalue weighted by Gasteiger charge is -2.35. The number of hydrogen-bond acceptors (Lipinski definition) is 6. The first-order valence-corrected chi connectivity index (χ1v) is 7.56. The Morgan fingerprint density at radius 1 is 1.65 bits per heavy atom. The van der Waals surface area contributed by atoms with Crippen molar-refractivity contribution in [2.75, 3.05) is 34.3 Å². The molecule has 1 aliphatic rings. The molecule has 112 valence electrons. The van der Waals surface area contributed by atoms with E-state index < -0.39 is 0 Å². The van der Waals surface area contributed by atoms with Crippen molar-refractivity contribution in [1.29, 1.82) is 0 Å². The molecule has 1 fully saturated rings. The lowest BCUT2D eigenvalue weighted by atomic mass is 10.0. The minimum absolute atomic E-state index is 0.00351. The molecule has 20 heavy (non-hydrogen) atoms. The van der Waals surface area contributed by atoms with Gasteiger partial charge in [0, 0.05) is 38.2 Å². The maximum Gasteiger partial charge on any atom is 0.273 e. The summed E-state index contributed by atoms with van der Waals surface area (Å²) in [6.45, 7) is 1.96. The molecule has 0 unspecified atom stereocenters. The Labute approximate surface area is 123 Å². The number of carbonyl (C=O) groups excluding carboxylic acids is 1. The molecule has 0 radical (unpaired) electrons. The SMILES string of the molecule is CO[C@H]1CN(C(=O)c2csc(CN(C)C)n2)CC[C@H]1N. The number of amides is 1. The van der Waals surface area contributed by atoms with Crippen molar-refractivity contribution in [2.24, 2.45) is 5.73 Å². The van der Waals surface area contributed by atoms with Crippen LogP contribution in [0.25, 0.3) is 0 Å². The summed E-state index contributed by atoms with van der Waals surface area (Å²) in [6, 6.07) is 0.00351. The van der Waals surface area contributed by atoms with Gasteiger partial charge in [-0.15, -0.1) is 11.3 Å². The second-order valence-corrected chi connectivity index (χ2v) is 6.28. The van der Waals surface area contributed by atoms with Crippen LogP contribution in [0.15, 0.2) is 5.38 Å². The zero-order chi connectivity index (χ0) is 14.7. The Morgan fingerprint density at radius 3 is 3.05 bits per heavy atom. The van der Waals surface area contributed by atoms with Gasteiger partial charge in [0.2, 0.25) is 0 Å². The van der Waals surface area contributed by atoms with Crippen LogP contribution >= 0.6 is 11.3 Å². The largest absolute Gasteiger partial charge is 0.378 e. The number of likely N-dealkylation sites (tertiary alicyclic amines) is 1. The van der Waals surface area contributed by atoms with Crippen molar-refractivity contribution in [3.8, 4) is 0 Å². The molecule has 0 spiro atoms. The summed E-state index contributed by atoms with van der Waals surface area (Å²) < 4.78 is 5.33. The number of methoxy groups -OCH3 is 1. The Kier molecular flexibility index (Phi) is 5.09. The summed E-state index contributed by atoms with van der Waals surface area (Å²) in [5.41, 5.74) is 6.49. The molecule has 0 bridgehead atoms. The number of ether oxygens (including phenoxy) is 1. The topological polar surface area (TPSA) is 71.7 Å². The Hall–Kier alpha value is -1.02. The molecular weight excluding hydrogens is 276 g/mol. The zero-order valence-electron chi connectivity index (χ0n) is 12.2. The normalized spacial score (nSPS) is 23.4. The molecule has 1 saturated heterocycles. The summed E-state index contributed by atoms with van der Waals surface area (Å²) in [4.78, 5) is 20.7. The van der Waals surface area contributed by atoms with Gasteiger partial charge in [-0.1, -0.05) is 0 Å². The quantitative estimate of drug-likeness (QED) is 0.871. The predicted molar refractivity (Wildman–Crippen MR) is 78.8 cm³/mol. The third-order valence-corrected chi connectivity index (χ3v) is 4.26. The standard InChI is InChI=1S/C13H22N4O2S/c1-16(2)7-12-15-10(8-20-12)13(18)17-5-4-9(14)11(6-17)19-3/h8-9,11H,4-7,14H2,1-3H3/t9-,11+/m1/s1. The fourth-order valence-electron chi connectivity index (χ4n) is 2.28. The summed E-state index contributed by atoms with van der Waals surface area (Å²) in [6.07, 6.45) is 0.673. The number of nitrogens with zero attached hydrogens (tertiary/aromatic N) is 3. The molecule has 2 heterocycles. The van der Waals surface area contributed by atoms with Gasteiger partial charge in [-0.05, 0) is 20.5 Å². The van der Waals surface area contributed by atoms with E-state index in [-0.39, 0.29) is 18.1 Å². The van der Waals surface area contributed by atoms with Crippen LogP contribution < -0.4 is 5.73 Å². The van der Waals surface area contributed by atoms with Crippen molar-refractivity contribution in [3.63, 3.8) is 0 Å². The maximum atomic E-state index is 12.4. The van der Waals surface area contributed by atoms with Crippen LogP contribution in [0.2, 0.25) is 0 Å². The number of carbonyl (C=O) groups is 1. The average molecular weight is 298 g/mol. The van der Waals surface area contributed by atoms with Crippen LogP contribution in [0.1, 0.15) is 21.9 Å². The second-order valence-electron chi connectivity index (χ2n) is 5.34. The monoisotopic (exact) mass is 298 g/mol. The van der Waals surface area contributed by atoms with E-state index in [1.165, 1.54) is 11.3 Å². The molecule has 1 aromatic rings. The molecule has 0 saturated carbocycles. The molecule has 1 aromatic heterocycles. The van der Waals surface area contributed by atoms with Crippen LogP contribution in [-0.2, 0) is 11.3 Å².